The Morgan fingerprint density at radius 1 is 1.19 bits per heavy atom. The highest BCUT2D eigenvalue weighted by atomic mass is 16.3. The van der Waals surface area contributed by atoms with E-state index in [0.29, 0.717) is 17.9 Å². The van der Waals surface area contributed by atoms with E-state index in [9.17, 15) is 14.7 Å². The number of carbonyl (C=O) groups excluding carboxylic acids is 2. The SMILES string of the molecule is C#C[C@]1(O)C=C[C@H]2[C@@H]3CCC4=CC(=O)CCC4=C3[C@@H](c3ccc(C(C)=O)cc3)C[C@@]21C. The van der Waals surface area contributed by atoms with E-state index < -0.39 is 11.0 Å². The van der Waals surface area contributed by atoms with Gasteiger partial charge in [-0.1, -0.05) is 48.8 Å². The summed E-state index contributed by atoms with van der Waals surface area (Å²) in [5, 5.41) is 11.4. The topological polar surface area (TPSA) is 54.4 Å². The lowest BCUT2D eigenvalue weighted by atomic mass is 9.51. The Labute approximate surface area is 183 Å². The van der Waals surface area contributed by atoms with Crippen molar-refractivity contribution in [3.8, 4) is 12.3 Å². The first kappa shape index (κ1) is 20.2. The molecular weight excluding hydrogens is 384 g/mol. The van der Waals surface area contributed by atoms with Gasteiger partial charge < -0.3 is 5.11 Å². The maximum atomic E-state index is 12.1. The molecule has 0 amide bonds. The molecule has 4 aliphatic carbocycles. The van der Waals surface area contributed by atoms with E-state index in [1.807, 2.05) is 24.3 Å². The Morgan fingerprint density at radius 3 is 2.61 bits per heavy atom. The first-order valence-electron chi connectivity index (χ1n) is 11.2. The van der Waals surface area contributed by atoms with Gasteiger partial charge in [0.1, 0.15) is 5.60 Å². The largest absolute Gasteiger partial charge is 0.373 e. The van der Waals surface area contributed by atoms with Crippen LogP contribution < -0.4 is 0 Å². The van der Waals surface area contributed by atoms with Crippen LogP contribution >= 0.6 is 0 Å². The minimum absolute atomic E-state index is 0.0532. The lowest BCUT2D eigenvalue weighted by molar-refractivity contribution is -0.114. The van der Waals surface area contributed by atoms with Gasteiger partial charge in [0.25, 0.3) is 0 Å². The predicted octanol–water partition coefficient (Wildman–Crippen LogP) is 4.93. The van der Waals surface area contributed by atoms with Crippen LogP contribution in [0.15, 0.2) is 59.2 Å². The standard InChI is InChI=1S/C28H28O3/c1-4-28(31)14-13-25-23-11-9-20-15-21(30)10-12-22(20)26(23)24(16-27(25,28)3)19-7-5-18(6-8-19)17(2)29/h1,5-8,13-15,23-25,31H,9-12,16H2,2-3H3/t23-,24+,25-,27-,28-/m0/s1. The molecule has 0 heterocycles. The monoisotopic (exact) mass is 412 g/mol. The number of allylic oxidation sites excluding steroid dienone is 5. The van der Waals surface area contributed by atoms with Gasteiger partial charge in [0.2, 0.25) is 0 Å². The second kappa shape index (κ2) is 6.90. The zero-order chi connectivity index (χ0) is 22.0. The molecule has 3 nitrogen and oxygen atoms in total. The average Bonchev–Trinajstić information content (AvgIpc) is 3.04. The van der Waals surface area contributed by atoms with Gasteiger partial charge in [-0.05, 0) is 73.3 Å². The Bertz CT molecular complexity index is 1110. The fraction of sp³-hybridized carbons (Fsp3) is 0.429. The number of benzene rings is 1. The molecule has 0 unspecified atom stereocenters. The third-order valence-corrected chi connectivity index (χ3v) is 8.34. The average molecular weight is 413 g/mol. The molecule has 3 heteroatoms. The predicted molar refractivity (Wildman–Crippen MR) is 120 cm³/mol. The molecule has 0 spiro atoms. The van der Waals surface area contributed by atoms with Crippen LogP contribution in [0.25, 0.3) is 0 Å². The highest BCUT2D eigenvalue weighted by molar-refractivity contribution is 5.94. The normalized spacial score (nSPS) is 36.3. The molecule has 0 aromatic heterocycles. The Morgan fingerprint density at radius 2 is 1.94 bits per heavy atom. The minimum atomic E-state index is -1.26. The van der Waals surface area contributed by atoms with Crippen LogP contribution in [0.5, 0.6) is 0 Å². The van der Waals surface area contributed by atoms with Crippen LogP contribution in [0.4, 0.5) is 0 Å². The summed E-state index contributed by atoms with van der Waals surface area (Å²) in [7, 11) is 0. The third-order valence-electron chi connectivity index (χ3n) is 8.34. The quantitative estimate of drug-likeness (QED) is 0.426. The van der Waals surface area contributed by atoms with E-state index in [1.54, 1.807) is 6.92 Å². The van der Waals surface area contributed by atoms with Gasteiger partial charge >= 0.3 is 0 Å². The molecule has 4 aliphatic rings. The third kappa shape index (κ3) is 2.85. The zero-order valence-corrected chi connectivity index (χ0v) is 18.2. The molecule has 31 heavy (non-hydrogen) atoms. The highest BCUT2D eigenvalue weighted by Crippen LogP contribution is 2.64. The molecule has 1 aromatic rings. The molecule has 0 radical (unpaired) electrons. The van der Waals surface area contributed by atoms with Crippen LogP contribution in [0.2, 0.25) is 0 Å². The molecular formula is C28H28O3. The van der Waals surface area contributed by atoms with Gasteiger partial charge in [-0.2, -0.15) is 0 Å². The first-order valence-corrected chi connectivity index (χ1v) is 11.2. The van der Waals surface area contributed by atoms with Crippen molar-refractivity contribution in [2.75, 3.05) is 0 Å². The lowest BCUT2D eigenvalue weighted by Crippen LogP contribution is -2.51. The number of hydrogen-bond acceptors (Lipinski definition) is 3. The number of hydrogen-bond donors (Lipinski definition) is 1. The fourth-order valence-electron chi connectivity index (χ4n) is 6.61. The van der Waals surface area contributed by atoms with Gasteiger partial charge in [0.05, 0.1) is 0 Å². The molecule has 158 valence electrons. The van der Waals surface area contributed by atoms with Crippen molar-refractivity contribution < 1.29 is 14.7 Å². The van der Waals surface area contributed by atoms with Crippen molar-refractivity contribution in [2.24, 2.45) is 17.3 Å². The molecule has 5 atom stereocenters. The van der Waals surface area contributed by atoms with Crippen LogP contribution in [-0.4, -0.2) is 22.3 Å². The Hall–Kier alpha value is -2.70. The zero-order valence-electron chi connectivity index (χ0n) is 18.2. The van der Waals surface area contributed by atoms with E-state index in [0.717, 1.165) is 31.2 Å². The van der Waals surface area contributed by atoms with Crippen LogP contribution in [-0.2, 0) is 4.79 Å². The summed E-state index contributed by atoms with van der Waals surface area (Å²) in [6, 6.07) is 7.91. The first-order chi connectivity index (χ1) is 14.8. The van der Waals surface area contributed by atoms with Gasteiger partial charge in [-0.25, -0.2) is 0 Å². The number of fused-ring (bicyclic) bond motifs is 4. The number of carbonyl (C=O) groups is 2. The van der Waals surface area contributed by atoms with Gasteiger partial charge in [0, 0.05) is 23.3 Å². The highest BCUT2D eigenvalue weighted by Gasteiger charge is 2.60. The summed E-state index contributed by atoms with van der Waals surface area (Å²) in [5.74, 6) is 3.56. The van der Waals surface area contributed by atoms with Crippen molar-refractivity contribution in [2.45, 2.75) is 57.5 Å². The van der Waals surface area contributed by atoms with Crippen LogP contribution in [0.1, 0.15) is 67.8 Å². The molecule has 1 fully saturated rings. The van der Waals surface area contributed by atoms with Crippen molar-refractivity contribution in [3.05, 3.63) is 70.3 Å². The second-order valence-electron chi connectivity index (χ2n) is 9.86. The Kier molecular flexibility index (Phi) is 4.50. The Balaban J connectivity index is 1.69. The van der Waals surface area contributed by atoms with E-state index in [4.69, 9.17) is 6.42 Å². The fourth-order valence-corrected chi connectivity index (χ4v) is 6.61. The second-order valence-corrected chi connectivity index (χ2v) is 9.86. The van der Waals surface area contributed by atoms with Gasteiger partial charge in [0.15, 0.2) is 11.6 Å². The number of rotatable bonds is 2. The molecule has 0 saturated heterocycles. The van der Waals surface area contributed by atoms with Gasteiger partial charge in [-0.3, -0.25) is 9.59 Å². The van der Waals surface area contributed by atoms with Crippen molar-refractivity contribution >= 4 is 11.6 Å². The summed E-state index contributed by atoms with van der Waals surface area (Å²) < 4.78 is 0. The van der Waals surface area contributed by atoms with Crippen LogP contribution in [0.3, 0.4) is 0 Å². The maximum Gasteiger partial charge on any atom is 0.159 e. The molecule has 5 rings (SSSR count). The van der Waals surface area contributed by atoms with Gasteiger partial charge in [-0.15, -0.1) is 6.42 Å². The van der Waals surface area contributed by atoms with Crippen molar-refractivity contribution in [1.29, 1.82) is 0 Å². The number of aliphatic hydroxyl groups is 1. The summed E-state index contributed by atoms with van der Waals surface area (Å²) in [5.41, 5.74) is 4.12. The van der Waals surface area contributed by atoms with E-state index in [-0.39, 0.29) is 23.4 Å². The number of terminal acetylenes is 1. The molecule has 1 saturated carbocycles. The molecule has 1 aromatic carbocycles. The molecule has 1 N–H and O–H groups in total. The summed E-state index contributed by atoms with van der Waals surface area (Å²) in [6.07, 6.45) is 15.6. The number of ketones is 2. The summed E-state index contributed by atoms with van der Waals surface area (Å²) in [4.78, 5) is 23.9. The summed E-state index contributed by atoms with van der Waals surface area (Å²) in [6.45, 7) is 3.71. The maximum absolute atomic E-state index is 12.1. The van der Waals surface area contributed by atoms with E-state index in [1.165, 1.54) is 16.7 Å². The van der Waals surface area contributed by atoms with Crippen LogP contribution in [0, 0.1) is 29.6 Å². The lowest BCUT2D eigenvalue weighted by Gasteiger charge is -2.53. The number of Topliss-reactive ketones (excluding diaryl/α,β-unsaturated/α-hetero) is 1. The minimum Gasteiger partial charge on any atom is -0.373 e. The summed E-state index contributed by atoms with van der Waals surface area (Å²) >= 11 is 0. The van der Waals surface area contributed by atoms with Crippen molar-refractivity contribution in [1.82, 2.24) is 0 Å². The smallest absolute Gasteiger partial charge is 0.159 e. The molecule has 0 aliphatic heterocycles. The molecule has 0 bridgehead atoms. The van der Waals surface area contributed by atoms with Crippen molar-refractivity contribution in [3.63, 3.8) is 0 Å². The van der Waals surface area contributed by atoms with E-state index >= 15 is 0 Å². The van der Waals surface area contributed by atoms with E-state index in [2.05, 4.69) is 31.1 Å².